The van der Waals surface area contributed by atoms with E-state index in [1.807, 2.05) is 38.1 Å². The number of para-hydroxylation sites is 1. The summed E-state index contributed by atoms with van der Waals surface area (Å²) >= 11 is 0. The van der Waals surface area contributed by atoms with Crippen LogP contribution in [-0.4, -0.2) is 38.6 Å². The van der Waals surface area contributed by atoms with Crippen LogP contribution in [0.4, 0.5) is 5.69 Å². The maximum Gasteiger partial charge on any atom is 0.211 e. The summed E-state index contributed by atoms with van der Waals surface area (Å²) in [4.78, 5) is 0. The summed E-state index contributed by atoms with van der Waals surface area (Å²) in [6, 6.07) is 7.96. The second-order valence-corrected chi connectivity index (χ2v) is 5.98. The maximum absolute atomic E-state index is 11.4. The summed E-state index contributed by atoms with van der Waals surface area (Å²) < 4.78 is 24.2. The fourth-order valence-corrected chi connectivity index (χ4v) is 2.54. The molecule has 1 aromatic carbocycles. The molecule has 0 aliphatic rings. The van der Waals surface area contributed by atoms with Crippen LogP contribution in [-0.2, 0) is 10.0 Å². The normalized spacial score (nSPS) is 11.8. The van der Waals surface area contributed by atoms with Crippen LogP contribution in [0.15, 0.2) is 24.3 Å². The highest BCUT2D eigenvalue weighted by Crippen LogP contribution is 2.12. The average molecular weight is 256 g/mol. The molecule has 0 aliphatic heterocycles. The lowest BCUT2D eigenvalue weighted by atomic mass is 10.2. The fourth-order valence-electron chi connectivity index (χ4n) is 1.64. The predicted molar refractivity (Wildman–Crippen MR) is 71.8 cm³/mol. The number of sulfonamides is 1. The molecule has 0 bridgehead atoms. The van der Waals surface area contributed by atoms with E-state index in [-0.39, 0.29) is 0 Å². The molecule has 0 aliphatic carbocycles. The highest BCUT2D eigenvalue weighted by molar-refractivity contribution is 7.88. The summed E-state index contributed by atoms with van der Waals surface area (Å²) in [7, 11) is -3.09. The van der Waals surface area contributed by atoms with Crippen molar-refractivity contribution in [3.63, 3.8) is 0 Å². The van der Waals surface area contributed by atoms with Gasteiger partial charge in [0.15, 0.2) is 0 Å². The van der Waals surface area contributed by atoms with E-state index in [1.165, 1.54) is 10.6 Å². The van der Waals surface area contributed by atoms with Gasteiger partial charge in [-0.3, -0.25) is 0 Å². The molecule has 1 N–H and O–H groups in total. The van der Waals surface area contributed by atoms with Crippen LogP contribution in [0.2, 0.25) is 0 Å². The number of anilines is 1. The van der Waals surface area contributed by atoms with Crippen molar-refractivity contribution in [3.8, 4) is 0 Å². The van der Waals surface area contributed by atoms with Crippen LogP contribution < -0.4 is 5.32 Å². The van der Waals surface area contributed by atoms with E-state index < -0.39 is 10.0 Å². The van der Waals surface area contributed by atoms with Crippen LogP contribution in [0.1, 0.15) is 12.5 Å². The first-order chi connectivity index (χ1) is 7.95. The Morgan fingerprint density at radius 1 is 1.29 bits per heavy atom. The number of nitrogens with zero attached hydrogens (tertiary/aromatic N) is 1. The van der Waals surface area contributed by atoms with Gasteiger partial charge in [0.05, 0.1) is 6.26 Å². The number of hydrogen-bond donors (Lipinski definition) is 1. The molecule has 96 valence electrons. The van der Waals surface area contributed by atoms with Gasteiger partial charge in [-0.05, 0) is 18.6 Å². The molecule has 0 spiro atoms. The summed E-state index contributed by atoms with van der Waals surface area (Å²) in [5.41, 5.74) is 2.21. The Balaban J connectivity index is 2.50. The zero-order valence-corrected chi connectivity index (χ0v) is 11.4. The van der Waals surface area contributed by atoms with Crippen LogP contribution in [0.3, 0.4) is 0 Å². The SMILES string of the molecule is CCN(CCNc1ccccc1C)S(C)(=O)=O. The van der Waals surface area contributed by atoms with Gasteiger partial charge in [0.2, 0.25) is 10.0 Å². The minimum Gasteiger partial charge on any atom is -0.384 e. The number of likely N-dealkylation sites (N-methyl/N-ethyl adjacent to an activating group) is 1. The van der Waals surface area contributed by atoms with Crippen molar-refractivity contribution in [1.29, 1.82) is 0 Å². The van der Waals surface area contributed by atoms with E-state index in [0.717, 1.165) is 11.3 Å². The number of rotatable bonds is 6. The Labute approximate surface area is 104 Å². The minimum absolute atomic E-state index is 0.490. The predicted octanol–water partition coefficient (Wildman–Crippen LogP) is 1.69. The number of benzene rings is 1. The van der Waals surface area contributed by atoms with Crippen molar-refractivity contribution in [3.05, 3.63) is 29.8 Å². The van der Waals surface area contributed by atoms with Crippen molar-refractivity contribution in [2.75, 3.05) is 31.2 Å². The summed E-state index contributed by atoms with van der Waals surface area (Å²) in [6.07, 6.45) is 1.24. The van der Waals surface area contributed by atoms with Gasteiger partial charge in [-0.15, -0.1) is 0 Å². The Morgan fingerprint density at radius 3 is 2.47 bits per heavy atom. The highest BCUT2D eigenvalue weighted by Gasteiger charge is 2.13. The van der Waals surface area contributed by atoms with Crippen molar-refractivity contribution in [1.82, 2.24) is 4.31 Å². The van der Waals surface area contributed by atoms with Crippen LogP contribution in [0.25, 0.3) is 0 Å². The quantitative estimate of drug-likeness (QED) is 0.842. The van der Waals surface area contributed by atoms with Crippen molar-refractivity contribution in [2.45, 2.75) is 13.8 Å². The molecule has 0 amide bonds. The topological polar surface area (TPSA) is 49.4 Å². The third-order valence-electron chi connectivity index (χ3n) is 2.64. The Kier molecular flexibility index (Phi) is 4.96. The zero-order chi connectivity index (χ0) is 12.9. The molecule has 0 saturated carbocycles. The molecule has 0 radical (unpaired) electrons. The molecule has 0 unspecified atom stereocenters. The van der Waals surface area contributed by atoms with Gasteiger partial charge in [0.1, 0.15) is 0 Å². The average Bonchev–Trinajstić information content (AvgIpc) is 2.25. The number of nitrogens with one attached hydrogen (secondary N) is 1. The van der Waals surface area contributed by atoms with Crippen LogP contribution in [0, 0.1) is 6.92 Å². The molecule has 0 aromatic heterocycles. The van der Waals surface area contributed by atoms with Gasteiger partial charge < -0.3 is 5.32 Å². The molecule has 0 heterocycles. The lowest BCUT2D eigenvalue weighted by Gasteiger charge is -2.18. The summed E-state index contributed by atoms with van der Waals surface area (Å²) in [6.45, 7) is 5.48. The molecule has 0 atom stereocenters. The lowest BCUT2D eigenvalue weighted by molar-refractivity contribution is 0.444. The Morgan fingerprint density at radius 2 is 1.94 bits per heavy atom. The molecule has 17 heavy (non-hydrogen) atoms. The van der Waals surface area contributed by atoms with Crippen LogP contribution in [0.5, 0.6) is 0 Å². The van der Waals surface area contributed by atoms with E-state index >= 15 is 0 Å². The molecule has 0 fully saturated rings. The first-order valence-corrected chi connectivity index (χ1v) is 7.54. The second kappa shape index (κ2) is 6.02. The first kappa shape index (κ1) is 14.0. The molecule has 5 heteroatoms. The summed E-state index contributed by atoms with van der Waals surface area (Å²) in [5.74, 6) is 0. The van der Waals surface area contributed by atoms with Gasteiger partial charge in [0.25, 0.3) is 0 Å². The first-order valence-electron chi connectivity index (χ1n) is 5.69. The minimum atomic E-state index is -3.09. The number of aryl methyl sites for hydroxylation is 1. The van der Waals surface area contributed by atoms with Gasteiger partial charge in [-0.25, -0.2) is 12.7 Å². The van der Waals surface area contributed by atoms with Crippen molar-refractivity contribution in [2.24, 2.45) is 0 Å². The number of hydrogen-bond acceptors (Lipinski definition) is 3. The lowest BCUT2D eigenvalue weighted by Crippen LogP contribution is -2.34. The van der Waals surface area contributed by atoms with Crippen molar-refractivity contribution < 1.29 is 8.42 Å². The van der Waals surface area contributed by atoms with Gasteiger partial charge in [0, 0.05) is 25.3 Å². The van der Waals surface area contributed by atoms with Crippen LogP contribution >= 0.6 is 0 Å². The van der Waals surface area contributed by atoms with Gasteiger partial charge in [-0.2, -0.15) is 0 Å². The largest absolute Gasteiger partial charge is 0.384 e. The van der Waals surface area contributed by atoms with E-state index in [9.17, 15) is 8.42 Å². The molecule has 0 saturated heterocycles. The molecular weight excluding hydrogens is 236 g/mol. The Hall–Kier alpha value is -1.07. The smallest absolute Gasteiger partial charge is 0.211 e. The molecule has 4 nitrogen and oxygen atoms in total. The van der Waals surface area contributed by atoms with Gasteiger partial charge >= 0.3 is 0 Å². The van der Waals surface area contributed by atoms with E-state index in [0.29, 0.717) is 19.6 Å². The van der Waals surface area contributed by atoms with Gasteiger partial charge in [-0.1, -0.05) is 25.1 Å². The van der Waals surface area contributed by atoms with E-state index in [2.05, 4.69) is 5.32 Å². The molecule has 1 aromatic rings. The molecule has 1 rings (SSSR count). The monoisotopic (exact) mass is 256 g/mol. The second-order valence-electron chi connectivity index (χ2n) is 4.00. The molecular formula is C12H20N2O2S. The standard InChI is InChI=1S/C12H20N2O2S/c1-4-14(17(3,15)16)10-9-13-12-8-6-5-7-11(12)2/h5-8,13H,4,9-10H2,1-3H3. The highest BCUT2D eigenvalue weighted by atomic mass is 32.2. The third-order valence-corrected chi connectivity index (χ3v) is 4.02. The third kappa shape index (κ3) is 4.36. The van der Waals surface area contributed by atoms with Crippen molar-refractivity contribution >= 4 is 15.7 Å². The van der Waals surface area contributed by atoms with E-state index in [4.69, 9.17) is 0 Å². The zero-order valence-electron chi connectivity index (χ0n) is 10.6. The maximum atomic E-state index is 11.4. The fraction of sp³-hybridized carbons (Fsp3) is 0.500. The summed E-state index contributed by atoms with van der Waals surface area (Å²) in [5, 5.41) is 3.24. The van der Waals surface area contributed by atoms with E-state index in [1.54, 1.807) is 0 Å². The Bertz CT molecular complexity index is 457.